The summed E-state index contributed by atoms with van der Waals surface area (Å²) in [6.07, 6.45) is -2.47. The fourth-order valence-corrected chi connectivity index (χ4v) is 0.710. The third-order valence-electron chi connectivity index (χ3n) is 1.23. The van der Waals surface area contributed by atoms with E-state index >= 15 is 0 Å². The highest BCUT2D eigenvalue weighted by Gasteiger charge is 2.08. The lowest BCUT2D eigenvalue weighted by Gasteiger charge is -2.01. The summed E-state index contributed by atoms with van der Waals surface area (Å²) < 4.78 is 23.9. The average Bonchev–Trinajstić information content (AvgIpc) is 1.88. The fourth-order valence-electron chi connectivity index (χ4n) is 0.710. The molecule has 0 fully saturated rings. The minimum Gasteiger partial charge on any atom is -0.398 e. The van der Waals surface area contributed by atoms with Gasteiger partial charge in [0.2, 0.25) is 0 Å². The van der Waals surface area contributed by atoms with E-state index < -0.39 is 6.43 Å². The Kier molecular flexibility index (Phi) is 3.82. The molecule has 0 aliphatic carbocycles. The number of rotatable bonds is 1. The van der Waals surface area contributed by atoms with Gasteiger partial charge in [-0.3, -0.25) is 0 Å². The Morgan fingerprint density at radius 2 is 1.73 bits per heavy atom. The van der Waals surface area contributed by atoms with Gasteiger partial charge in [-0.2, -0.15) is 0 Å². The van der Waals surface area contributed by atoms with Gasteiger partial charge >= 0.3 is 0 Å². The molecule has 0 saturated carbocycles. The molecule has 4 heteroatoms. The summed E-state index contributed by atoms with van der Waals surface area (Å²) in [5, 5.41) is 0. The van der Waals surface area contributed by atoms with Gasteiger partial charge < -0.3 is 5.73 Å². The van der Waals surface area contributed by atoms with E-state index in [1.165, 1.54) is 18.2 Å². The summed E-state index contributed by atoms with van der Waals surface area (Å²) in [4.78, 5) is 0. The van der Waals surface area contributed by atoms with Crippen LogP contribution in [0, 0.1) is 0 Å². The second-order valence-corrected chi connectivity index (χ2v) is 1.93. The van der Waals surface area contributed by atoms with E-state index in [-0.39, 0.29) is 23.7 Å². The molecular formula is C7H8ClF2N. The monoisotopic (exact) mass is 179 g/mol. The molecule has 1 rings (SSSR count). The Bertz CT molecular complexity index is 227. The molecule has 62 valence electrons. The Morgan fingerprint density at radius 1 is 1.18 bits per heavy atom. The quantitative estimate of drug-likeness (QED) is 0.659. The van der Waals surface area contributed by atoms with Crippen molar-refractivity contribution in [2.75, 3.05) is 5.73 Å². The van der Waals surface area contributed by atoms with Gasteiger partial charge in [0.15, 0.2) is 0 Å². The van der Waals surface area contributed by atoms with E-state index in [1.807, 2.05) is 0 Å². The van der Waals surface area contributed by atoms with Crippen LogP contribution in [0.25, 0.3) is 0 Å². The summed E-state index contributed by atoms with van der Waals surface area (Å²) in [5.41, 5.74) is 5.30. The summed E-state index contributed by atoms with van der Waals surface area (Å²) in [5.74, 6) is 0. The Labute approximate surface area is 69.6 Å². The second kappa shape index (κ2) is 4.13. The summed E-state index contributed by atoms with van der Waals surface area (Å²) >= 11 is 0. The number of nitrogen functional groups attached to an aromatic ring is 1. The molecule has 2 N–H and O–H groups in total. The van der Waals surface area contributed by atoms with Crippen molar-refractivity contribution in [1.29, 1.82) is 0 Å². The highest BCUT2D eigenvalue weighted by Crippen LogP contribution is 2.23. The van der Waals surface area contributed by atoms with Crippen LogP contribution in [0.2, 0.25) is 0 Å². The number of halogens is 3. The third kappa shape index (κ3) is 2.35. The van der Waals surface area contributed by atoms with E-state index in [2.05, 4.69) is 0 Å². The lowest BCUT2D eigenvalue weighted by Crippen LogP contribution is -1.92. The SMILES string of the molecule is Cl.Nc1ccccc1C(F)F. The zero-order chi connectivity index (χ0) is 7.56. The first-order valence-electron chi connectivity index (χ1n) is 2.84. The van der Waals surface area contributed by atoms with Crippen molar-refractivity contribution in [1.82, 2.24) is 0 Å². The van der Waals surface area contributed by atoms with Crippen molar-refractivity contribution in [3.8, 4) is 0 Å². The van der Waals surface area contributed by atoms with Gasteiger partial charge in [-0.15, -0.1) is 12.4 Å². The Hall–Kier alpha value is -0.830. The average molecular weight is 180 g/mol. The number of nitrogens with two attached hydrogens (primary N) is 1. The zero-order valence-corrected chi connectivity index (χ0v) is 6.44. The topological polar surface area (TPSA) is 26.0 Å². The van der Waals surface area contributed by atoms with Gasteiger partial charge in [-0.25, -0.2) is 8.78 Å². The first-order valence-corrected chi connectivity index (χ1v) is 2.84. The molecule has 11 heavy (non-hydrogen) atoms. The number of alkyl halides is 2. The molecular weight excluding hydrogens is 172 g/mol. The predicted molar refractivity (Wildman–Crippen MR) is 43.1 cm³/mol. The van der Waals surface area contributed by atoms with Crippen LogP contribution >= 0.6 is 12.4 Å². The molecule has 1 aromatic rings. The maximum Gasteiger partial charge on any atom is 0.265 e. The molecule has 0 spiro atoms. The molecule has 0 aromatic heterocycles. The smallest absolute Gasteiger partial charge is 0.265 e. The number of hydrogen-bond acceptors (Lipinski definition) is 1. The molecule has 0 amide bonds. The maximum absolute atomic E-state index is 11.9. The van der Waals surface area contributed by atoms with Crippen LogP contribution in [0.5, 0.6) is 0 Å². The van der Waals surface area contributed by atoms with Gasteiger partial charge in [-0.1, -0.05) is 18.2 Å². The van der Waals surface area contributed by atoms with Gasteiger partial charge in [0.1, 0.15) is 0 Å². The molecule has 0 heterocycles. The fraction of sp³-hybridized carbons (Fsp3) is 0.143. The van der Waals surface area contributed by atoms with Crippen LogP contribution in [-0.4, -0.2) is 0 Å². The van der Waals surface area contributed by atoms with Crippen molar-refractivity contribution in [2.24, 2.45) is 0 Å². The Morgan fingerprint density at radius 3 is 2.09 bits per heavy atom. The lowest BCUT2D eigenvalue weighted by atomic mass is 10.2. The molecule has 0 aliphatic heterocycles. The Balaban J connectivity index is 0.000001000. The van der Waals surface area contributed by atoms with Crippen molar-refractivity contribution < 1.29 is 8.78 Å². The first-order chi connectivity index (χ1) is 4.72. The number of anilines is 1. The standard InChI is InChI=1S/C7H7F2N.ClH/c8-7(9)5-3-1-2-4-6(5)10;/h1-4,7H,10H2;1H. The van der Waals surface area contributed by atoms with Crippen LogP contribution in [0.3, 0.4) is 0 Å². The van der Waals surface area contributed by atoms with E-state index in [1.54, 1.807) is 6.07 Å². The molecule has 1 nitrogen and oxygen atoms in total. The van der Waals surface area contributed by atoms with Crippen molar-refractivity contribution in [3.63, 3.8) is 0 Å². The minimum absolute atomic E-state index is 0. The summed E-state index contributed by atoms with van der Waals surface area (Å²) in [7, 11) is 0. The highest BCUT2D eigenvalue weighted by molar-refractivity contribution is 5.85. The van der Waals surface area contributed by atoms with Crippen molar-refractivity contribution in [3.05, 3.63) is 29.8 Å². The van der Waals surface area contributed by atoms with Crippen molar-refractivity contribution in [2.45, 2.75) is 6.43 Å². The molecule has 0 atom stereocenters. The molecule has 0 bridgehead atoms. The minimum atomic E-state index is -2.47. The maximum atomic E-state index is 11.9. The van der Waals surface area contributed by atoms with E-state index in [0.717, 1.165) is 0 Å². The molecule has 0 unspecified atom stereocenters. The van der Waals surface area contributed by atoms with Crippen LogP contribution in [0.1, 0.15) is 12.0 Å². The first kappa shape index (κ1) is 10.2. The van der Waals surface area contributed by atoms with Gasteiger partial charge in [0.25, 0.3) is 6.43 Å². The van der Waals surface area contributed by atoms with Crippen LogP contribution in [0.15, 0.2) is 24.3 Å². The predicted octanol–water partition coefficient (Wildman–Crippen LogP) is 2.63. The summed E-state index contributed by atoms with van der Waals surface area (Å²) in [6.45, 7) is 0. The summed E-state index contributed by atoms with van der Waals surface area (Å²) in [6, 6.07) is 5.94. The zero-order valence-electron chi connectivity index (χ0n) is 5.63. The largest absolute Gasteiger partial charge is 0.398 e. The molecule has 1 aromatic carbocycles. The van der Waals surface area contributed by atoms with E-state index in [9.17, 15) is 8.78 Å². The normalized spacial score (nSPS) is 9.36. The lowest BCUT2D eigenvalue weighted by molar-refractivity contribution is 0.152. The van der Waals surface area contributed by atoms with Gasteiger partial charge in [-0.05, 0) is 6.07 Å². The number of hydrogen-bond donors (Lipinski definition) is 1. The van der Waals surface area contributed by atoms with E-state index in [0.29, 0.717) is 0 Å². The number of benzene rings is 1. The number of para-hydroxylation sites is 1. The van der Waals surface area contributed by atoms with Gasteiger partial charge in [0.05, 0.1) is 0 Å². The molecule has 0 saturated heterocycles. The van der Waals surface area contributed by atoms with Crippen LogP contribution in [-0.2, 0) is 0 Å². The molecule has 0 aliphatic rings. The third-order valence-corrected chi connectivity index (χ3v) is 1.23. The second-order valence-electron chi connectivity index (χ2n) is 1.93. The van der Waals surface area contributed by atoms with Gasteiger partial charge in [0, 0.05) is 11.3 Å². The van der Waals surface area contributed by atoms with Crippen LogP contribution < -0.4 is 5.73 Å². The molecule has 0 radical (unpaired) electrons. The van der Waals surface area contributed by atoms with Crippen LogP contribution in [0.4, 0.5) is 14.5 Å². The van der Waals surface area contributed by atoms with Crippen molar-refractivity contribution >= 4 is 18.1 Å². The highest BCUT2D eigenvalue weighted by atomic mass is 35.5. The van der Waals surface area contributed by atoms with E-state index in [4.69, 9.17) is 5.73 Å².